The van der Waals surface area contributed by atoms with Gasteiger partial charge in [0.1, 0.15) is 11.2 Å². The first kappa shape index (κ1) is 27.4. The molecule has 5 rings (SSSR count). The van der Waals surface area contributed by atoms with Crippen molar-refractivity contribution in [2.45, 2.75) is 76.8 Å². The third kappa shape index (κ3) is 5.76. The van der Waals surface area contributed by atoms with Crippen molar-refractivity contribution in [2.75, 3.05) is 6.61 Å². The molecule has 3 heterocycles. The molecule has 1 N–H and O–H groups in total. The molecule has 2 aromatic rings. The van der Waals surface area contributed by atoms with Gasteiger partial charge in [0.2, 0.25) is 0 Å². The monoisotopic (exact) mass is 563 g/mol. The van der Waals surface area contributed by atoms with Crippen LogP contribution < -0.4 is 14.8 Å². The van der Waals surface area contributed by atoms with Gasteiger partial charge in [0.05, 0.1) is 12.6 Å². The number of benzene rings is 1. The molecule has 2 fully saturated rings. The van der Waals surface area contributed by atoms with E-state index in [9.17, 15) is 18.4 Å². The quantitative estimate of drug-likeness (QED) is 0.334. The molecule has 2 amide bonds. The highest BCUT2D eigenvalue weighted by Crippen LogP contribution is 2.45. The summed E-state index contributed by atoms with van der Waals surface area (Å²) in [6.45, 7) is 3.69. The lowest BCUT2D eigenvalue weighted by atomic mass is 9.67. The molecule has 0 spiro atoms. The summed E-state index contributed by atoms with van der Waals surface area (Å²) in [5, 5.41) is 3.34. The molecule has 0 bridgehead atoms. The van der Waals surface area contributed by atoms with Gasteiger partial charge in [-0.25, -0.2) is 14.6 Å². The van der Waals surface area contributed by atoms with E-state index in [0.29, 0.717) is 17.1 Å². The molecule has 3 aliphatic rings. The van der Waals surface area contributed by atoms with Crippen LogP contribution in [0.25, 0.3) is 0 Å². The highest BCUT2D eigenvalue weighted by molar-refractivity contribution is 6.29. The van der Waals surface area contributed by atoms with E-state index in [-0.39, 0.29) is 36.0 Å². The van der Waals surface area contributed by atoms with Crippen molar-refractivity contribution in [3.63, 3.8) is 0 Å². The number of hydrogen-bond donors (Lipinski definition) is 1. The Labute approximate surface area is 231 Å². The fourth-order valence-electron chi connectivity index (χ4n) is 6.17. The number of urea groups is 1. The lowest BCUT2D eigenvalue weighted by molar-refractivity contribution is -0.286. The largest absolute Gasteiger partial charge is 0.586 e. The standard InChI is InChI=1S/C28H32ClF2N3O5/c1-3-37-26(35)25-20(13-17-11-12-32-23(29)14-17)24(18-7-5-4-6-8-18)34(25)27(36)33-16(2)19-9-10-21-22(15-19)39-28(30,31)38-21/h9-12,14-16,18,20,24-25H,3-8,13H2,1-2H3,(H,33,36)/t16?,20-,24?,25?/m0/s1. The molecular formula is C28H32ClF2N3O5. The number of nitrogens with zero attached hydrogens (tertiary/aromatic N) is 2. The summed E-state index contributed by atoms with van der Waals surface area (Å²) >= 11 is 6.13. The zero-order valence-electron chi connectivity index (χ0n) is 21.9. The van der Waals surface area contributed by atoms with Crippen LogP contribution in [0.1, 0.15) is 63.1 Å². The average molecular weight is 564 g/mol. The van der Waals surface area contributed by atoms with Gasteiger partial charge >= 0.3 is 18.3 Å². The second-order valence-corrected chi connectivity index (χ2v) is 10.8. The number of fused-ring (bicyclic) bond motifs is 1. The van der Waals surface area contributed by atoms with Crippen LogP contribution in [0.5, 0.6) is 11.5 Å². The van der Waals surface area contributed by atoms with Gasteiger partial charge in [-0.1, -0.05) is 36.9 Å². The summed E-state index contributed by atoms with van der Waals surface area (Å²) in [5.41, 5.74) is 1.51. The van der Waals surface area contributed by atoms with Gasteiger partial charge < -0.3 is 24.4 Å². The van der Waals surface area contributed by atoms with Crippen LogP contribution in [-0.2, 0) is 16.0 Å². The number of hydrogen-bond acceptors (Lipinski definition) is 6. The van der Waals surface area contributed by atoms with Crippen LogP contribution in [0.3, 0.4) is 0 Å². The lowest BCUT2D eigenvalue weighted by Crippen LogP contribution is -2.73. The molecular weight excluding hydrogens is 532 g/mol. The highest BCUT2D eigenvalue weighted by atomic mass is 35.5. The third-order valence-electron chi connectivity index (χ3n) is 7.89. The number of halogens is 3. The first-order valence-electron chi connectivity index (χ1n) is 13.4. The SMILES string of the molecule is CCOC(=O)C1[C@@H](Cc2ccnc(Cl)c2)C(C2CCCCC2)N1C(=O)NC(C)c1ccc2c(c1)OC(F)(F)O2. The molecule has 0 radical (unpaired) electrons. The van der Waals surface area contributed by atoms with Crippen LogP contribution in [-0.4, -0.2) is 46.9 Å². The minimum atomic E-state index is -3.72. The van der Waals surface area contributed by atoms with Crippen molar-refractivity contribution < 1.29 is 32.6 Å². The maximum atomic E-state index is 13.8. The van der Waals surface area contributed by atoms with Crippen molar-refractivity contribution >= 4 is 23.6 Å². The Kier molecular flexibility index (Phi) is 7.84. The highest BCUT2D eigenvalue weighted by Gasteiger charge is 2.57. The predicted octanol–water partition coefficient (Wildman–Crippen LogP) is 5.88. The fourth-order valence-corrected chi connectivity index (χ4v) is 6.36. The number of pyridine rings is 1. The zero-order chi connectivity index (χ0) is 27.7. The second-order valence-electron chi connectivity index (χ2n) is 10.4. The van der Waals surface area contributed by atoms with Gasteiger partial charge in [0.15, 0.2) is 11.5 Å². The molecule has 1 aliphatic carbocycles. The van der Waals surface area contributed by atoms with E-state index in [2.05, 4.69) is 19.8 Å². The van der Waals surface area contributed by atoms with Crippen molar-refractivity contribution in [3.8, 4) is 11.5 Å². The molecule has 3 unspecified atom stereocenters. The Bertz CT molecular complexity index is 1230. The van der Waals surface area contributed by atoms with Crippen molar-refractivity contribution in [1.29, 1.82) is 0 Å². The number of esters is 1. The van der Waals surface area contributed by atoms with E-state index in [1.807, 2.05) is 6.07 Å². The molecule has 210 valence electrons. The van der Waals surface area contributed by atoms with E-state index in [1.54, 1.807) is 37.1 Å². The molecule has 1 aromatic heterocycles. The van der Waals surface area contributed by atoms with Crippen LogP contribution in [0.2, 0.25) is 5.15 Å². The molecule has 39 heavy (non-hydrogen) atoms. The van der Waals surface area contributed by atoms with Crippen LogP contribution in [0.4, 0.5) is 13.6 Å². The summed E-state index contributed by atoms with van der Waals surface area (Å²) in [4.78, 5) is 32.7. The Morgan fingerprint density at radius 2 is 1.92 bits per heavy atom. The maximum Gasteiger partial charge on any atom is 0.586 e. The summed E-state index contributed by atoms with van der Waals surface area (Å²) in [7, 11) is 0. The van der Waals surface area contributed by atoms with E-state index in [4.69, 9.17) is 16.3 Å². The number of rotatable bonds is 7. The number of carbonyl (C=O) groups excluding carboxylic acids is 2. The predicted molar refractivity (Wildman–Crippen MR) is 139 cm³/mol. The number of ether oxygens (including phenoxy) is 3. The van der Waals surface area contributed by atoms with E-state index in [0.717, 1.165) is 37.7 Å². The summed E-state index contributed by atoms with van der Waals surface area (Å²) in [6.07, 6.45) is 3.73. The maximum absolute atomic E-state index is 13.8. The van der Waals surface area contributed by atoms with Crippen LogP contribution in [0.15, 0.2) is 36.5 Å². The molecule has 11 heteroatoms. The molecule has 8 nitrogen and oxygen atoms in total. The number of nitrogens with one attached hydrogen (secondary N) is 1. The third-order valence-corrected chi connectivity index (χ3v) is 8.09. The van der Waals surface area contributed by atoms with Gasteiger partial charge in [-0.15, -0.1) is 8.78 Å². The lowest BCUT2D eigenvalue weighted by Gasteiger charge is -2.57. The number of alkyl halides is 2. The van der Waals surface area contributed by atoms with E-state index in [1.165, 1.54) is 12.1 Å². The van der Waals surface area contributed by atoms with Gasteiger partial charge in [0.25, 0.3) is 0 Å². The zero-order valence-corrected chi connectivity index (χ0v) is 22.6. The van der Waals surface area contributed by atoms with E-state index < -0.39 is 30.4 Å². The minimum absolute atomic E-state index is 0.0659. The Balaban J connectivity index is 1.39. The van der Waals surface area contributed by atoms with Gasteiger partial charge in [-0.2, -0.15) is 0 Å². The van der Waals surface area contributed by atoms with Crippen molar-refractivity contribution in [1.82, 2.24) is 15.2 Å². The first-order chi connectivity index (χ1) is 18.7. The topological polar surface area (TPSA) is 90.0 Å². The summed E-state index contributed by atoms with van der Waals surface area (Å²) in [6, 6.07) is 6.21. The number of carbonyl (C=O) groups is 2. The number of aromatic nitrogens is 1. The summed E-state index contributed by atoms with van der Waals surface area (Å²) in [5.74, 6) is -0.491. The number of likely N-dealkylation sites (tertiary alicyclic amines) is 1. The average Bonchev–Trinajstić information content (AvgIpc) is 3.20. The Morgan fingerprint density at radius 3 is 2.64 bits per heavy atom. The first-order valence-corrected chi connectivity index (χ1v) is 13.8. The smallest absolute Gasteiger partial charge is 0.464 e. The van der Waals surface area contributed by atoms with Gasteiger partial charge in [-0.3, -0.25) is 0 Å². The minimum Gasteiger partial charge on any atom is -0.464 e. The van der Waals surface area contributed by atoms with Crippen molar-refractivity contribution in [3.05, 3.63) is 52.8 Å². The van der Waals surface area contributed by atoms with E-state index >= 15 is 0 Å². The summed E-state index contributed by atoms with van der Waals surface area (Å²) < 4.78 is 41.4. The molecule has 1 saturated carbocycles. The molecule has 1 aromatic carbocycles. The van der Waals surface area contributed by atoms with Crippen molar-refractivity contribution in [2.24, 2.45) is 11.8 Å². The Hall–Kier alpha value is -3.14. The fraction of sp³-hybridized carbons (Fsp3) is 0.536. The Morgan fingerprint density at radius 1 is 1.18 bits per heavy atom. The molecule has 1 saturated heterocycles. The van der Waals surface area contributed by atoms with Crippen LogP contribution in [0, 0.1) is 11.8 Å². The van der Waals surface area contributed by atoms with Gasteiger partial charge in [-0.05, 0) is 74.4 Å². The normalized spacial score (nSPS) is 24.5. The number of amides is 2. The molecule has 4 atom stereocenters. The second kappa shape index (κ2) is 11.2. The van der Waals surface area contributed by atoms with Gasteiger partial charge in [0, 0.05) is 18.2 Å². The van der Waals surface area contributed by atoms with Crippen LogP contribution >= 0.6 is 11.6 Å². The molecule has 2 aliphatic heterocycles.